The number of thiophene rings is 1. The summed E-state index contributed by atoms with van der Waals surface area (Å²) in [6.45, 7) is 5.31. The highest BCUT2D eigenvalue weighted by molar-refractivity contribution is 7.18. The first-order chi connectivity index (χ1) is 13.8. The number of amides is 1. The number of carbonyl (C=O) groups excluding carboxylic acids is 3. The van der Waals surface area contributed by atoms with Crippen LogP contribution in [0.2, 0.25) is 10.0 Å². The lowest BCUT2D eigenvalue weighted by Crippen LogP contribution is -2.13. The molecule has 0 bridgehead atoms. The highest BCUT2D eigenvalue weighted by atomic mass is 35.5. The number of esters is 2. The number of ether oxygens (including phenoxy) is 2. The monoisotopic (exact) mass is 455 g/mol. The molecule has 1 aromatic heterocycles. The summed E-state index contributed by atoms with van der Waals surface area (Å²) < 4.78 is 10.1. The van der Waals surface area contributed by atoms with E-state index in [1.54, 1.807) is 39.0 Å². The third kappa shape index (κ3) is 5.82. The fourth-order valence-electron chi connectivity index (χ4n) is 2.40. The molecule has 2 rings (SSSR count). The second-order valence-electron chi connectivity index (χ2n) is 5.69. The first kappa shape index (κ1) is 22.9. The molecule has 0 unspecified atom stereocenters. The van der Waals surface area contributed by atoms with Gasteiger partial charge in [-0.15, -0.1) is 11.3 Å². The number of benzene rings is 1. The Bertz CT molecular complexity index is 968. The van der Waals surface area contributed by atoms with Gasteiger partial charge < -0.3 is 14.8 Å². The lowest BCUT2D eigenvalue weighted by molar-refractivity contribution is -0.111. The molecular weight excluding hydrogens is 437 g/mol. The van der Waals surface area contributed by atoms with Crippen LogP contribution in [0, 0.1) is 6.92 Å². The molecule has 0 saturated carbocycles. The van der Waals surface area contributed by atoms with Crippen LogP contribution in [0.4, 0.5) is 5.00 Å². The van der Waals surface area contributed by atoms with Crippen LogP contribution < -0.4 is 5.32 Å². The van der Waals surface area contributed by atoms with E-state index in [-0.39, 0.29) is 28.7 Å². The Morgan fingerprint density at radius 1 is 1.10 bits per heavy atom. The van der Waals surface area contributed by atoms with Gasteiger partial charge in [0.05, 0.1) is 18.8 Å². The summed E-state index contributed by atoms with van der Waals surface area (Å²) in [6.07, 6.45) is 2.79. The van der Waals surface area contributed by atoms with Gasteiger partial charge in [0.2, 0.25) is 5.91 Å². The molecule has 0 aliphatic carbocycles. The number of anilines is 1. The Kier molecular flexibility index (Phi) is 8.25. The van der Waals surface area contributed by atoms with Crippen molar-refractivity contribution in [2.24, 2.45) is 0 Å². The van der Waals surface area contributed by atoms with Crippen molar-refractivity contribution in [2.75, 3.05) is 18.5 Å². The summed E-state index contributed by atoms with van der Waals surface area (Å²) in [6, 6.07) is 4.89. The first-order valence-corrected chi connectivity index (χ1v) is 10.3. The van der Waals surface area contributed by atoms with Crippen LogP contribution >= 0.6 is 34.5 Å². The molecule has 1 aromatic carbocycles. The normalized spacial score (nSPS) is 10.8. The Hall–Kier alpha value is -2.35. The predicted octanol–water partition coefficient (Wildman–Crippen LogP) is 5.37. The third-order valence-corrected chi connectivity index (χ3v) is 5.45. The molecule has 0 atom stereocenters. The molecular formula is C20H19Cl2NO5S. The molecule has 0 aliphatic rings. The van der Waals surface area contributed by atoms with Crippen molar-refractivity contribution >= 4 is 63.5 Å². The minimum Gasteiger partial charge on any atom is -0.462 e. The highest BCUT2D eigenvalue weighted by Gasteiger charge is 2.27. The van der Waals surface area contributed by atoms with E-state index in [0.717, 1.165) is 11.3 Å². The standard InChI is InChI=1S/C20H19Cl2NO5S/c1-4-27-19(25)16-11(3)17(20(26)28-5-2)29-18(16)23-15(24)9-7-12-6-8-13(21)10-14(12)22/h6-10H,4-5H2,1-3H3,(H,23,24). The Morgan fingerprint density at radius 3 is 2.38 bits per heavy atom. The quantitative estimate of drug-likeness (QED) is 0.448. The second-order valence-corrected chi connectivity index (χ2v) is 7.55. The molecule has 0 fully saturated rings. The van der Waals surface area contributed by atoms with Gasteiger partial charge in [0.25, 0.3) is 0 Å². The van der Waals surface area contributed by atoms with Gasteiger partial charge in [-0.25, -0.2) is 9.59 Å². The maximum Gasteiger partial charge on any atom is 0.348 e. The van der Waals surface area contributed by atoms with Crippen molar-refractivity contribution in [1.82, 2.24) is 0 Å². The Labute approximate surface area is 182 Å². The molecule has 9 heteroatoms. The zero-order valence-corrected chi connectivity index (χ0v) is 18.3. The van der Waals surface area contributed by atoms with Gasteiger partial charge in [0.15, 0.2) is 0 Å². The second kappa shape index (κ2) is 10.4. The first-order valence-electron chi connectivity index (χ1n) is 8.70. The minimum atomic E-state index is -0.628. The van der Waals surface area contributed by atoms with Gasteiger partial charge in [0.1, 0.15) is 9.88 Å². The molecule has 0 radical (unpaired) electrons. The van der Waals surface area contributed by atoms with Crippen molar-refractivity contribution in [3.05, 3.63) is 55.9 Å². The maximum atomic E-state index is 12.4. The SMILES string of the molecule is CCOC(=O)c1sc(NC(=O)C=Cc2ccc(Cl)cc2Cl)c(C(=O)OCC)c1C. The van der Waals surface area contributed by atoms with Crippen molar-refractivity contribution in [3.63, 3.8) is 0 Å². The molecule has 0 aliphatic heterocycles. The number of halogens is 2. The predicted molar refractivity (Wildman–Crippen MR) is 115 cm³/mol. The van der Waals surface area contributed by atoms with E-state index < -0.39 is 17.8 Å². The van der Waals surface area contributed by atoms with Crippen molar-refractivity contribution in [3.8, 4) is 0 Å². The summed E-state index contributed by atoms with van der Waals surface area (Å²) in [5.74, 6) is -1.69. The number of carbonyl (C=O) groups is 3. The summed E-state index contributed by atoms with van der Waals surface area (Å²) in [5.41, 5.74) is 1.13. The molecule has 0 spiro atoms. The van der Waals surface area contributed by atoms with Gasteiger partial charge in [-0.2, -0.15) is 0 Å². The summed E-state index contributed by atoms with van der Waals surface area (Å²) in [4.78, 5) is 37.1. The summed E-state index contributed by atoms with van der Waals surface area (Å²) in [5, 5.41) is 3.71. The molecule has 6 nitrogen and oxygen atoms in total. The molecule has 2 aromatic rings. The molecule has 1 heterocycles. The maximum absolute atomic E-state index is 12.4. The van der Waals surface area contributed by atoms with Crippen molar-refractivity contribution < 1.29 is 23.9 Å². The van der Waals surface area contributed by atoms with Crippen LogP contribution in [0.5, 0.6) is 0 Å². The van der Waals surface area contributed by atoms with Crippen LogP contribution in [0.1, 0.15) is 45.0 Å². The van der Waals surface area contributed by atoms with Gasteiger partial charge in [-0.05, 0) is 50.1 Å². The minimum absolute atomic E-state index is 0.131. The topological polar surface area (TPSA) is 81.7 Å². The molecule has 29 heavy (non-hydrogen) atoms. The molecule has 1 N–H and O–H groups in total. The van der Waals surface area contributed by atoms with Gasteiger partial charge in [-0.3, -0.25) is 4.79 Å². The van der Waals surface area contributed by atoms with Crippen LogP contribution in [-0.4, -0.2) is 31.1 Å². The smallest absolute Gasteiger partial charge is 0.348 e. The van der Waals surface area contributed by atoms with Crippen LogP contribution in [-0.2, 0) is 14.3 Å². The van der Waals surface area contributed by atoms with E-state index in [1.165, 1.54) is 12.2 Å². The number of hydrogen-bond donors (Lipinski definition) is 1. The van der Waals surface area contributed by atoms with Gasteiger partial charge in [-0.1, -0.05) is 29.3 Å². The lowest BCUT2D eigenvalue weighted by Gasteiger charge is -2.05. The van der Waals surface area contributed by atoms with E-state index in [2.05, 4.69) is 5.32 Å². The number of nitrogens with one attached hydrogen (secondary N) is 1. The van der Waals surface area contributed by atoms with Crippen molar-refractivity contribution in [2.45, 2.75) is 20.8 Å². The zero-order chi connectivity index (χ0) is 21.6. The van der Waals surface area contributed by atoms with Gasteiger partial charge in [0, 0.05) is 16.1 Å². The Balaban J connectivity index is 2.30. The van der Waals surface area contributed by atoms with Crippen LogP contribution in [0.3, 0.4) is 0 Å². The van der Waals surface area contributed by atoms with Gasteiger partial charge >= 0.3 is 11.9 Å². The van der Waals surface area contributed by atoms with E-state index in [1.807, 2.05) is 0 Å². The number of rotatable bonds is 7. The molecule has 1 amide bonds. The van der Waals surface area contributed by atoms with Crippen molar-refractivity contribution in [1.29, 1.82) is 0 Å². The lowest BCUT2D eigenvalue weighted by atomic mass is 10.1. The summed E-state index contributed by atoms with van der Waals surface area (Å²) in [7, 11) is 0. The molecule has 0 saturated heterocycles. The van der Waals surface area contributed by atoms with Crippen LogP contribution in [0.25, 0.3) is 6.08 Å². The van der Waals surface area contributed by atoms with E-state index in [9.17, 15) is 14.4 Å². The van der Waals surface area contributed by atoms with Crippen LogP contribution in [0.15, 0.2) is 24.3 Å². The average Bonchev–Trinajstić information content (AvgIpc) is 2.97. The van der Waals surface area contributed by atoms with E-state index >= 15 is 0 Å². The fourth-order valence-corrected chi connectivity index (χ4v) is 3.96. The zero-order valence-electron chi connectivity index (χ0n) is 16.0. The summed E-state index contributed by atoms with van der Waals surface area (Å²) >= 11 is 12.9. The highest BCUT2D eigenvalue weighted by Crippen LogP contribution is 2.34. The fraction of sp³-hybridized carbons (Fsp3) is 0.250. The number of hydrogen-bond acceptors (Lipinski definition) is 6. The molecule has 154 valence electrons. The average molecular weight is 456 g/mol. The third-order valence-electron chi connectivity index (χ3n) is 3.70. The Morgan fingerprint density at radius 2 is 1.76 bits per heavy atom. The van der Waals surface area contributed by atoms with E-state index in [4.69, 9.17) is 32.7 Å². The van der Waals surface area contributed by atoms with E-state index in [0.29, 0.717) is 21.2 Å². The largest absolute Gasteiger partial charge is 0.462 e.